The van der Waals surface area contributed by atoms with Gasteiger partial charge >= 0.3 is 0 Å². The number of aryl methyl sites for hydroxylation is 2. The fourth-order valence-corrected chi connectivity index (χ4v) is 4.82. The van der Waals surface area contributed by atoms with Gasteiger partial charge in [-0.3, -0.25) is 5.10 Å². The minimum atomic E-state index is -0.376. The van der Waals surface area contributed by atoms with E-state index >= 15 is 0 Å². The fraction of sp³-hybridized carbons (Fsp3) is 0.308. The third kappa shape index (κ3) is 3.50. The fourth-order valence-electron chi connectivity index (χ4n) is 4.82. The number of hydrogen-bond acceptors (Lipinski definition) is 5. The summed E-state index contributed by atoms with van der Waals surface area (Å²) >= 11 is 0. The molecule has 1 atom stereocenters. The molecule has 2 aromatic carbocycles. The van der Waals surface area contributed by atoms with Crippen LogP contribution < -0.4 is 15.2 Å². The highest BCUT2D eigenvalue weighted by Crippen LogP contribution is 2.46. The molecule has 0 saturated heterocycles. The zero-order valence-electron chi connectivity index (χ0n) is 18.3. The molecule has 1 aliphatic heterocycles. The lowest BCUT2D eigenvalue weighted by Crippen LogP contribution is -2.21. The van der Waals surface area contributed by atoms with Gasteiger partial charge < -0.3 is 15.2 Å². The monoisotopic (exact) mass is 426 g/mol. The van der Waals surface area contributed by atoms with Crippen molar-refractivity contribution in [1.29, 1.82) is 5.26 Å². The molecule has 162 valence electrons. The molecule has 2 aliphatic rings. The Bertz CT molecular complexity index is 1230. The van der Waals surface area contributed by atoms with E-state index < -0.39 is 0 Å². The Morgan fingerprint density at radius 3 is 2.56 bits per heavy atom. The van der Waals surface area contributed by atoms with Crippen LogP contribution in [0, 0.1) is 25.2 Å². The summed E-state index contributed by atoms with van der Waals surface area (Å²) in [5, 5.41) is 17.4. The highest BCUT2D eigenvalue weighted by molar-refractivity contribution is 5.73. The maximum Gasteiger partial charge on any atom is 0.244 e. The maximum atomic E-state index is 9.93. The standard InChI is InChI=1S/C26H26N4O2/c1-15-7-12-20(16(2)13-15)24-23-22(21(14-27)25(28)32-26(23)30-29-24)17-8-10-19(11-9-17)31-18-5-3-4-6-18/h7-13,18,22H,3-6,28H2,1-2H3,(H,29,30)/t22-/m0/s1. The molecule has 1 aliphatic carbocycles. The number of nitrogens with zero attached hydrogens (tertiary/aromatic N) is 2. The zero-order valence-corrected chi connectivity index (χ0v) is 18.3. The molecule has 3 N–H and O–H groups in total. The molecule has 2 heterocycles. The van der Waals surface area contributed by atoms with E-state index in [9.17, 15) is 5.26 Å². The van der Waals surface area contributed by atoms with Crippen molar-refractivity contribution in [1.82, 2.24) is 10.2 Å². The number of aromatic nitrogens is 2. The molecule has 1 fully saturated rings. The largest absolute Gasteiger partial charge is 0.490 e. The first-order chi connectivity index (χ1) is 15.5. The minimum Gasteiger partial charge on any atom is -0.490 e. The molecule has 0 unspecified atom stereocenters. The molecule has 0 spiro atoms. The number of hydrogen-bond donors (Lipinski definition) is 2. The van der Waals surface area contributed by atoms with Crippen molar-refractivity contribution >= 4 is 0 Å². The Morgan fingerprint density at radius 2 is 1.88 bits per heavy atom. The number of benzene rings is 2. The summed E-state index contributed by atoms with van der Waals surface area (Å²) in [5.41, 5.74) is 12.5. The molecule has 0 bridgehead atoms. The van der Waals surface area contributed by atoms with Crippen LogP contribution in [-0.4, -0.2) is 16.3 Å². The Morgan fingerprint density at radius 1 is 1.12 bits per heavy atom. The lowest BCUT2D eigenvalue weighted by Gasteiger charge is -2.24. The van der Waals surface area contributed by atoms with Crippen LogP contribution in [0.2, 0.25) is 0 Å². The first-order valence-electron chi connectivity index (χ1n) is 11.0. The zero-order chi connectivity index (χ0) is 22.2. The molecular weight excluding hydrogens is 400 g/mol. The number of nitrogens with two attached hydrogens (primary N) is 1. The van der Waals surface area contributed by atoms with Gasteiger partial charge in [0.1, 0.15) is 17.4 Å². The number of nitrogens with one attached hydrogen (secondary N) is 1. The predicted molar refractivity (Wildman–Crippen MR) is 122 cm³/mol. The van der Waals surface area contributed by atoms with E-state index in [1.807, 2.05) is 24.3 Å². The SMILES string of the molecule is Cc1ccc(-c2[nH]nc3c2[C@@H](c2ccc(OC4CCCC4)cc2)C(C#N)=C(N)O3)c(C)c1. The summed E-state index contributed by atoms with van der Waals surface area (Å²) in [6.07, 6.45) is 4.97. The van der Waals surface area contributed by atoms with Gasteiger partial charge in [0.25, 0.3) is 0 Å². The summed E-state index contributed by atoms with van der Waals surface area (Å²) in [4.78, 5) is 0. The van der Waals surface area contributed by atoms with Crippen LogP contribution in [0.5, 0.6) is 11.6 Å². The van der Waals surface area contributed by atoms with Crippen molar-refractivity contribution in [2.75, 3.05) is 0 Å². The molecule has 6 heteroatoms. The van der Waals surface area contributed by atoms with Crippen LogP contribution in [0.3, 0.4) is 0 Å². The smallest absolute Gasteiger partial charge is 0.244 e. The molecule has 32 heavy (non-hydrogen) atoms. The second kappa shape index (κ2) is 8.08. The first kappa shape index (κ1) is 20.2. The van der Waals surface area contributed by atoms with Crippen molar-refractivity contribution in [2.45, 2.75) is 51.6 Å². The van der Waals surface area contributed by atoms with Crippen LogP contribution in [0.4, 0.5) is 0 Å². The van der Waals surface area contributed by atoms with Gasteiger partial charge in [0, 0.05) is 5.56 Å². The van der Waals surface area contributed by atoms with E-state index in [1.54, 1.807) is 0 Å². The average molecular weight is 427 g/mol. The number of rotatable bonds is 4. The van der Waals surface area contributed by atoms with Crippen LogP contribution in [0.1, 0.15) is 53.9 Å². The van der Waals surface area contributed by atoms with Crippen molar-refractivity contribution in [2.24, 2.45) is 5.73 Å². The summed E-state index contributed by atoms with van der Waals surface area (Å²) in [5.74, 6) is 0.978. The Hall–Kier alpha value is -3.72. The van der Waals surface area contributed by atoms with Gasteiger partial charge in [-0.05, 0) is 62.8 Å². The number of aromatic amines is 1. The third-order valence-corrected chi connectivity index (χ3v) is 6.41. The minimum absolute atomic E-state index is 0.0926. The molecular formula is C26H26N4O2. The van der Waals surface area contributed by atoms with Crippen molar-refractivity contribution in [3.8, 4) is 29.0 Å². The normalized spacial score (nSPS) is 18.2. The summed E-state index contributed by atoms with van der Waals surface area (Å²) < 4.78 is 11.9. The number of allylic oxidation sites excluding steroid dienone is 1. The molecule has 0 amide bonds. The van der Waals surface area contributed by atoms with Gasteiger partial charge in [-0.15, -0.1) is 5.10 Å². The second-order valence-electron chi connectivity index (χ2n) is 8.65. The van der Waals surface area contributed by atoms with E-state index in [-0.39, 0.29) is 11.8 Å². The molecule has 6 nitrogen and oxygen atoms in total. The number of ether oxygens (including phenoxy) is 2. The lowest BCUT2D eigenvalue weighted by atomic mass is 9.82. The average Bonchev–Trinajstić information content (AvgIpc) is 3.43. The van der Waals surface area contributed by atoms with Crippen LogP contribution in [-0.2, 0) is 0 Å². The number of nitriles is 1. The van der Waals surface area contributed by atoms with Gasteiger partial charge in [-0.25, -0.2) is 0 Å². The summed E-state index contributed by atoms with van der Waals surface area (Å²) in [6, 6.07) is 16.5. The predicted octanol–water partition coefficient (Wildman–Crippen LogP) is 5.23. The highest BCUT2D eigenvalue weighted by Gasteiger charge is 2.36. The van der Waals surface area contributed by atoms with Gasteiger partial charge in [0.2, 0.25) is 11.8 Å². The van der Waals surface area contributed by atoms with Crippen molar-refractivity contribution in [3.63, 3.8) is 0 Å². The number of H-pyrrole nitrogens is 1. The molecule has 1 aromatic heterocycles. The second-order valence-corrected chi connectivity index (χ2v) is 8.65. The van der Waals surface area contributed by atoms with Gasteiger partial charge in [-0.2, -0.15) is 5.26 Å². The quantitative estimate of drug-likeness (QED) is 0.595. The van der Waals surface area contributed by atoms with E-state index in [0.29, 0.717) is 17.6 Å². The van der Waals surface area contributed by atoms with Crippen LogP contribution >= 0.6 is 0 Å². The lowest BCUT2D eigenvalue weighted by molar-refractivity contribution is 0.210. The van der Waals surface area contributed by atoms with Gasteiger partial charge in [0.05, 0.1) is 23.3 Å². The Balaban J connectivity index is 1.57. The Kier molecular flexibility index (Phi) is 5.10. The molecule has 5 rings (SSSR count). The van der Waals surface area contributed by atoms with Gasteiger partial charge in [0.15, 0.2) is 0 Å². The molecule has 3 aromatic rings. The van der Waals surface area contributed by atoms with E-state index in [4.69, 9.17) is 15.2 Å². The molecule has 0 radical (unpaired) electrons. The topological polar surface area (TPSA) is 97.0 Å². The van der Waals surface area contributed by atoms with Crippen molar-refractivity contribution in [3.05, 3.63) is 76.2 Å². The van der Waals surface area contributed by atoms with Gasteiger partial charge in [-0.1, -0.05) is 35.9 Å². The van der Waals surface area contributed by atoms with Crippen molar-refractivity contribution < 1.29 is 9.47 Å². The van der Waals surface area contributed by atoms with E-state index in [1.165, 1.54) is 18.4 Å². The summed E-state index contributed by atoms with van der Waals surface area (Å²) in [7, 11) is 0. The summed E-state index contributed by atoms with van der Waals surface area (Å²) in [6.45, 7) is 4.14. The highest BCUT2D eigenvalue weighted by atomic mass is 16.5. The van der Waals surface area contributed by atoms with E-state index in [2.05, 4.69) is 48.3 Å². The third-order valence-electron chi connectivity index (χ3n) is 6.41. The van der Waals surface area contributed by atoms with E-state index in [0.717, 1.165) is 46.5 Å². The number of fused-ring (bicyclic) bond motifs is 1. The Labute approximate surface area is 187 Å². The molecule has 1 saturated carbocycles. The van der Waals surface area contributed by atoms with Crippen LogP contribution in [0.25, 0.3) is 11.3 Å². The van der Waals surface area contributed by atoms with Crippen LogP contribution in [0.15, 0.2) is 53.9 Å². The first-order valence-corrected chi connectivity index (χ1v) is 11.0. The maximum absolute atomic E-state index is 9.93.